The lowest BCUT2D eigenvalue weighted by atomic mass is 9.99. The molecule has 1 aliphatic heterocycles. The first-order valence-electron chi connectivity index (χ1n) is 8.58. The van der Waals surface area contributed by atoms with Gasteiger partial charge in [0, 0.05) is 46.1 Å². The Morgan fingerprint density at radius 2 is 2.28 bits per heavy atom. The molecule has 0 radical (unpaired) electrons. The minimum absolute atomic E-state index is 0.0389. The number of aromatic nitrogens is 2. The van der Waals surface area contributed by atoms with Gasteiger partial charge in [0.15, 0.2) is 0 Å². The fourth-order valence-corrected chi connectivity index (χ4v) is 2.95. The number of nitrogens with zero attached hydrogens (tertiary/aromatic N) is 3. The molecule has 2 heterocycles. The van der Waals surface area contributed by atoms with Crippen LogP contribution >= 0.6 is 0 Å². The molecule has 1 aromatic rings. The third kappa shape index (κ3) is 5.54. The summed E-state index contributed by atoms with van der Waals surface area (Å²) in [5.41, 5.74) is -0.798. The van der Waals surface area contributed by atoms with Crippen molar-refractivity contribution in [3.63, 3.8) is 0 Å². The van der Waals surface area contributed by atoms with Crippen LogP contribution in [0.1, 0.15) is 25.6 Å². The first-order valence-corrected chi connectivity index (χ1v) is 8.58. The molecular formula is C17H28N4O4. The number of aryl methyl sites for hydroxylation is 2. The number of rotatable bonds is 7. The molecule has 1 aromatic heterocycles. The van der Waals surface area contributed by atoms with Crippen molar-refractivity contribution in [2.75, 3.05) is 40.0 Å². The van der Waals surface area contributed by atoms with Gasteiger partial charge in [-0.25, -0.2) is 4.98 Å². The number of ether oxygens (including phenoxy) is 2. The summed E-state index contributed by atoms with van der Waals surface area (Å²) in [5, 5.41) is 2.92. The maximum Gasteiger partial charge on any atom is 0.223 e. The van der Waals surface area contributed by atoms with Crippen molar-refractivity contribution in [2.45, 2.75) is 38.8 Å². The molecule has 0 saturated carbocycles. The van der Waals surface area contributed by atoms with E-state index in [-0.39, 0.29) is 18.2 Å². The van der Waals surface area contributed by atoms with Crippen LogP contribution < -0.4 is 5.32 Å². The highest BCUT2D eigenvalue weighted by Crippen LogP contribution is 2.21. The molecule has 140 valence electrons. The Bertz CT molecular complexity index is 589. The van der Waals surface area contributed by atoms with Crippen molar-refractivity contribution in [1.82, 2.24) is 19.8 Å². The molecular weight excluding hydrogens is 324 g/mol. The van der Waals surface area contributed by atoms with Crippen LogP contribution in [0.3, 0.4) is 0 Å². The van der Waals surface area contributed by atoms with Crippen molar-refractivity contribution < 1.29 is 19.1 Å². The molecule has 25 heavy (non-hydrogen) atoms. The summed E-state index contributed by atoms with van der Waals surface area (Å²) in [5.74, 6) is 0.825. The third-order valence-electron chi connectivity index (χ3n) is 4.53. The Balaban J connectivity index is 1.81. The van der Waals surface area contributed by atoms with E-state index in [1.54, 1.807) is 18.2 Å². The van der Waals surface area contributed by atoms with Crippen LogP contribution in [-0.2, 0) is 25.6 Å². The van der Waals surface area contributed by atoms with Crippen molar-refractivity contribution >= 4 is 11.8 Å². The fraction of sp³-hybridized carbons (Fsp3) is 0.706. The lowest BCUT2D eigenvalue weighted by Crippen LogP contribution is -2.50. The average molecular weight is 352 g/mol. The lowest BCUT2D eigenvalue weighted by Gasteiger charge is -2.33. The van der Waals surface area contributed by atoms with Crippen LogP contribution in [0.4, 0.5) is 0 Å². The molecule has 0 unspecified atom stereocenters. The number of nitrogens with one attached hydrogen (secondary N) is 1. The highest BCUT2D eigenvalue weighted by molar-refractivity contribution is 5.77. The monoisotopic (exact) mass is 352 g/mol. The normalized spacial score (nSPS) is 21.0. The zero-order valence-corrected chi connectivity index (χ0v) is 15.3. The van der Waals surface area contributed by atoms with Gasteiger partial charge in [0.25, 0.3) is 0 Å². The fourth-order valence-electron chi connectivity index (χ4n) is 2.95. The predicted molar refractivity (Wildman–Crippen MR) is 92.0 cm³/mol. The van der Waals surface area contributed by atoms with E-state index >= 15 is 0 Å². The number of methoxy groups -OCH3 is 1. The summed E-state index contributed by atoms with van der Waals surface area (Å²) in [6.45, 7) is 6.49. The molecule has 1 N–H and O–H groups in total. The van der Waals surface area contributed by atoms with Crippen LogP contribution in [0.5, 0.6) is 0 Å². The molecule has 2 amide bonds. The summed E-state index contributed by atoms with van der Waals surface area (Å²) in [6.07, 6.45) is 4.68. The topological polar surface area (TPSA) is 85.7 Å². The van der Waals surface area contributed by atoms with Gasteiger partial charge in [-0.1, -0.05) is 0 Å². The smallest absolute Gasteiger partial charge is 0.223 e. The predicted octanol–water partition coefficient (Wildman–Crippen LogP) is 0.352. The van der Waals surface area contributed by atoms with Crippen molar-refractivity contribution in [3.8, 4) is 0 Å². The summed E-state index contributed by atoms with van der Waals surface area (Å²) in [6, 6.07) is 0. The SMILES string of the molecule is CO[C@@]1(CC(=O)NCCCn2ccnc2C)COCCN(C(C)=O)C1. The van der Waals surface area contributed by atoms with E-state index in [1.165, 1.54) is 6.92 Å². The summed E-state index contributed by atoms with van der Waals surface area (Å²) in [7, 11) is 1.56. The second kappa shape index (κ2) is 8.96. The first kappa shape index (κ1) is 19.4. The Morgan fingerprint density at radius 1 is 1.48 bits per heavy atom. The zero-order chi connectivity index (χ0) is 18.3. The third-order valence-corrected chi connectivity index (χ3v) is 4.53. The van der Waals surface area contributed by atoms with Crippen LogP contribution in [0.2, 0.25) is 0 Å². The van der Waals surface area contributed by atoms with E-state index in [4.69, 9.17) is 9.47 Å². The van der Waals surface area contributed by atoms with Gasteiger partial charge in [-0.2, -0.15) is 0 Å². The Kier molecular flexibility index (Phi) is 6.95. The van der Waals surface area contributed by atoms with Crippen LogP contribution in [0.25, 0.3) is 0 Å². The van der Waals surface area contributed by atoms with Crippen LogP contribution in [0, 0.1) is 6.92 Å². The maximum atomic E-state index is 12.3. The van der Waals surface area contributed by atoms with Crippen LogP contribution in [0.15, 0.2) is 12.4 Å². The molecule has 8 nitrogen and oxygen atoms in total. The number of carbonyl (C=O) groups is 2. The van der Waals surface area contributed by atoms with Gasteiger partial charge >= 0.3 is 0 Å². The summed E-state index contributed by atoms with van der Waals surface area (Å²) < 4.78 is 13.2. The molecule has 0 aromatic carbocycles. The molecule has 0 spiro atoms. The minimum atomic E-state index is -0.798. The highest BCUT2D eigenvalue weighted by atomic mass is 16.5. The maximum absolute atomic E-state index is 12.3. The minimum Gasteiger partial charge on any atom is -0.377 e. The van der Waals surface area contributed by atoms with Crippen molar-refractivity contribution in [1.29, 1.82) is 0 Å². The van der Waals surface area contributed by atoms with Gasteiger partial charge < -0.3 is 24.3 Å². The number of amides is 2. The quantitative estimate of drug-likeness (QED) is 0.716. The van der Waals surface area contributed by atoms with E-state index < -0.39 is 5.60 Å². The molecule has 1 atom stereocenters. The Morgan fingerprint density at radius 3 is 2.92 bits per heavy atom. The zero-order valence-electron chi connectivity index (χ0n) is 15.3. The summed E-state index contributed by atoms with van der Waals surface area (Å²) >= 11 is 0. The second-order valence-corrected chi connectivity index (χ2v) is 6.43. The molecule has 0 aliphatic carbocycles. The van der Waals surface area contributed by atoms with Crippen molar-refractivity contribution in [3.05, 3.63) is 18.2 Å². The van der Waals surface area contributed by atoms with Crippen LogP contribution in [-0.4, -0.2) is 71.8 Å². The van der Waals surface area contributed by atoms with Crippen molar-refractivity contribution in [2.24, 2.45) is 0 Å². The number of hydrogen-bond acceptors (Lipinski definition) is 5. The Hall–Kier alpha value is -1.93. The molecule has 2 rings (SSSR count). The lowest BCUT2D eigenvalue weighted by molar-refractivity contribution is -0.139. The van der Waals surface area contributed by atoms with Gasteiger partial charge in [0.05, 0.1) is 26.2 Å². The number of hydrogen-bond donors (Lipinski definition) is 1. The van der Waals surface area contributed by atoms with E-state index in [9.17, 15) is 9.59 Å². The first-order chi connectivity index (χ1) is 12.0. The van der Waals surface area contributed by atoms with Gasteiger partial charge in [0.1, 0.15) is 11.4 Å². The molecule has 0 bridgehead atoms. The second-order valence-electron chi connectivity index (χ2n) is 6.43. The van der Waals surface area contributed by atoms with Gasteiger partial charge in [0.2, 0.25) is 11.8 Å². The average Bonchev–Trinajstić information content (AvgIpc) is 2.86. The van der Waals surface area contributed by atoms with Gasteiger partial charge in [-0.3, -0.25) is 9.59 Å². The van der Waals surface area contributed by atoms with E-state index in [1.807, 2.05) is 17.7 Å². The number of carbonyl (C=O) groups excluding carboxylic acids is 2. The largest absolute Gasteiger partial charge is 0.377 e. The van der Waals surface area contributed by atoms with E-state index in [2.05, 4.69) is 10.3 Å². The van der Waals surface area contributed by atoms with Gasteiger partial charge in [-0.15, -0.1) is 0 Å². The van der Waals surface area contributed by atoms with E-state index in [0.29, 0.717) is 32.8 Å². The molecule has 1 saturated heterocycles. The molecule has 1 aliphatic rings. The standard InChI is InChI=1S/C17H28N4O4/c1-14-18-6-8-20(14)7-4-5-19-16(23)11-17(24-3)12-21(15(2)22)9-10-25-13-17/h6,8H,4-5,7,9-13H2,1-3H3,(H,19,23)/t17-/m1/s1. The highest BCUT2D eigenvalue weighted by Gasteiger charge is 2.37. The molecule has 1 fully saturated rings. The van der Waals surface area contributed by atoms with E-state index in [0.717, 1.165) is 18.8 Å². The summed E-state index contributed by atoms with van der Waals surface area (Å²) in [4.78, 5) is 29.9. The number of imidazole rings is 1. The Labute approximate surface area is 148 Å². The van der Waals surface area contributed by atoms with Gasteiger partial charge in [-0.05, 0) is 13.3 Å². The molecule has 8 heteroatoms.